The number of aryl methyl sites for hydroxylation is 1. The highest BCUT2D eigenvalue weighted by Gasteiger charge is 2.27. The van der Waals surface area contributed by atoms with Crippen LogP contribution in [0.2, 0.25) is 0 Å². The van der Waals surface area contributed by atoms with Crippen molar-refractivity contribution in [2.24, 2.45) is 5.41 Å². The minimum atomic E-state index is -0.267. The van der Waals surface area contributed by atoms with Crippen LogP contribution in [-0.4, -0.2) is 35.7 Å². The molecular weight excluding hydrogens is 295 g/mol. The van der Waals surface area contributed by atoms with E-state index in [9.17, 15) is 9.18 Å². The van der Waals surface area contributed by atoms with Gasteiger partial charge in [-0.1, -0.05) is 26.8 Å². The third-order valence-corrected chi connectivity index (χ3v) is 4.02. The maximum absolute atomic E-state index is 13.5. The highest BCUT2D eigenvalue weighted by Crippen LogP contribution is 2.31. The number of halogens is 1. The third kappa shape index (κ3) is 4.93. The summed E-state index contributed by atoms with van der Waals surface area (Å²) in [5, 5.41) is 12.1. The Morgan fingerprint density at radius 1 is 1.43 bits per heavy atom. The summed E-state index contributed by atoms with van der Waals surface area (Å²) in [4.78, 5) is 14.4. The molecule has 2 N–H and O–H groups in total. The monoisotopic (exact) mass is 322 g/mol. The van der Waals surface area contributed by atoms with Gasteiger partial charge in [0.2, 0.25) is 0 Å². The maximum atomic E-state index is 13.5. The molecule has 4 nitrogen and oxygen atoms in total. The summed E-state index contributed by atoms with van der Waals surface area (Å²) in [5.41, 5.74) is 1.97. The molecule has 1 aromatic rings. The Balaban J connectivity index is 2.06. The van der Waals surface area contributed by atoms with Gasteiger partial charge in [0.1, 0.15) is 5.82 Å². The van der Waals surface area contributed by atoms with E-state index >= 15 is 0 Å². The predicted octanol–water partition coefficient (Wildman–Crippen LogP) is 3.25. The summed E-state index contributed by atoms with van der Waals surface area (Å²) >= 11 is 0. The fourth-order valence-corrected chi connectivity index (χ4v) is 3.05. The van der Waals surface area contributed by atoms with E-state index in [-0.39, 0.29) is 29.9 Å². The van der Waals surface area contributed by atoms with Crippen molar-refractivity contribution in [3.8, 4) is 0 Å². The van der Waals surface area contributed by atoms with Crippen LogP contribution in [0, 0.1) is 11.2 Å². The first-order chi connectivity index (χ1) is 10.8. The largest absolute Gasteiger partial charge is 0.396 e. The van der Waals surface area contributed by atoms with Gasteiger partial charge in [-0.05, 0) is 47.9 Å². The first kappa shape index (κ1) is 17.7. The van der Waals surface area contributed by atoms with Gasteiger partial charge in [0, 0.05) is 19.7 Å². The van der Waals surface area contributed by atoms with Crippen LogP contribution in [0.1, 0.15) is 50.8 Å². The van der Waals surface area contributed by atoms with E-state index in [0.29, 0.717) is 19.5 Å². The Kier molecular flexibility index (Phi) is 5.63. The number of urea groups is 1. The van der Waals surface area contributed by atoms with Gasteiger partial charge in [0.05, 0.1) is 6.04 Å². The summed E-state index contributed by atoms with van der Waals surface area (Å²) < 4.78 is 13.5. The number of hydrogen-bond acceptors (Lipinski definition) is 2. The number of nitrogens with zero attached hydrogens (tertiary/aromatic N) is 1. The van der Waals surface area contributed by atoms with Crippen LogP contribution in [0.15, 0.2) is 18.2 Å². The molecule has 0 saturated carbocycles. The highest BCUT2D eigenvalue weighted by molar-refractivity contribution is 5.75. The third-order valence-electron chi connectivity index (χ3n) is 4.02. The summed E-state index contributed by atoms with van der Waals surface area (Å²) in [7, 11) is 0. The number of benzene rings is 1. The lowest BCUT2D eigenvalue weighted by atomic mass is 9.96. The second-order valence-corrected chi connectivity index (χ2v) is 7.44. The summed E-state index contributed by atoms with van der Waals surface area (Å²) in [6, 6.07) is 4.51. The standard InChI is InChI=1S/C18H27FN2O2/c1-18(2,3)12-21(9-4-10-22)17(23)20-16-8-6-13-5-7-14(19)11-15(13)16/h5,7,11,16,22H,4,6,8-10,12H2,1-3H3,(H,20,23). The molecule has 0 aliphatic heterocycles. The highest BCUT2D eigenvalue weighted by atomic mass is 19.1. The van der Waals surface area contributed by atoms with Gasteiger partial charge in [-0.15, -0.1) is 0 Å². The molecule has 0 aromatic heterocycles. The normalized spacial score (nSPS) is 17.0. The molecule has 2 amide bonds. The van der Waals surface area contributed by atoms with Gasteiger partial charge in [0.25, 0.3) is 0 Å². The Hall–Kier alpha value is -1.62. The Labute approximate surface area is 137 Å². The number of amides is 2. The SMILES string of the molecule is CC(C)(C)CN(CCCO)C(=O)NC1CCc2ccc(F)cc21. The van der Waals surface area contributed by atoms with E-state index < -0.39 is 0 Å². The number of fused-ring (bicyclic) bond motifs is 1. The molecule has 5 heteroatoms. The van der Waals surface area contributed by atoms with Gasteiger partial charge in [-0.2, -0.15) is 0 Å². The predicted molar refractivity (Wildman–Crippen MR) is 88.7 cm³/mol. The number of rotatable bonds is 5. The van der Waals surface area contributed by atoms with Crippen LogP contribution in [0.5, 0.6) is 0 Å². The minimum absolute atomic E-state index is 0.0213. The van der Waals surface area contributed by atoms with E-state index in [1.54, 1.807) is 11.0 Å². The molecule has 1 aliphatic rings. The molecule has 0 radical (unpaired) electrons. The Morgan fingerprint density at radius 2 is 2.17 bits per heavy atom. The van der Waals surface area contributed by atoms with Crippen molar-refractivity contribution in [3.05, 3.63) is 35.1 Å². The van der Waals surface area contributed by atoms with Crippen LogP contribution in [-0.2, 0) is 6.42 Å². The molecular formula is C18H27FN2O2. The Bertz CT molecular complexity index is 554. The molecule has 0 spiro atoms. The lowest BCUT2D eigenvalue weighted by Crippen LogP contribution is -2.45. The lowest BCUT2D eigenvalue weighted by Gasteiger charge is -2.31. The van der Waals surface area contributed by atoms with Gasteiger partial charge in [0.15, 0.2) is 0 Å². The minimum Gasteiger partial charge on any atom is -0.396 e. The smallest absolute Gasteiger partial charge is 0.317 e. The molecule has 128 valence electrons. The zero-order valence-electron chi connectivity index (χ0n) is 14.2. The molecule has 0 fully saturated rings. The first-order valence-electron chi connectivity index (χ1n) is 8.25. The molecule has 0 heterocycles. The van der Waals surface area contributed by atoms with Crippen molar-refractivity contribution in [3.63, 3.8) is 0 Å². The molecule has 2 rings (SSSR count). The summed E-state index contributed by atoms with van der Waals surface area (Å²) in [6.45, 7) is 7.42. The van der Waals surface area contributed by atoms with E-state index in [1.165, 1.54) is 12.1 Å². The number of nitrogens with one attached hydrogen (secondary N) is 1. The Morgan fingerprint density at radius 3 is 2.83 bits per heavy atom. The van der Waals surface area contributed by atoms with E-state index in [0.717, 1.165) is 24.0 Å². The quantitative estimate of drug-likeness (QED) is 0.874. The van der Waals surface area contributed by atoms with Crippen LogP contribution in [0.3, 0.4) is 0 Å². The second kappa shape index (κ2) is 7.30. The van der Waals surface area contributed by atoms with Crippen LogP contribution < -0.4 is 5.32 Å². The number of hydrogen-bond donors (Lipinski definition) is 2. The van der Waals surface area contributed by atoms with Gasteiger partial charge in [-0.25, -0.2) is 9.18 Å². The topological polar surface area (TPSA) is 52.6 Å². The van der Waals surface area contributed by atoms with E-state index in [4.69, 9.17) is 5.11 Å². The van der Waals surface area contributed by atoms with Crippen molar-refractivity contribution in [1.82, 2.24) is 10.2 Å². The molecule has 1 aromatic carbocycles. The first-order valence-corrected chi connectivity index (χ1v) is 8.25. The van der Waals surface area contributed by atoms with E-state index in [2.05, 4.69) is 26.1 Å². The maximum Gasteiger partial charge on any atom is 0.317 e. The molecule has 0 bridgehead atoms. The van der Waals surface area contributed by atoms with Crippen LogP contribution in [0.25, 0.3) is 0 Å². The van der Waals surface area contributed by atoms with Gasteiger partial charge < -0.3 is 15.3 Å². The molecule has 1 atom stereocenters. The van der Waals surface area contributed by atoms with Crippen molar-refractivity contribution in [1.29, 1.82) is 0 Å². The zero-order valence-corrected chi connectivity index (χ0v) is 14.2. The number of carbonyl (C=O) groups excluding carboxylic acids is 1. The van der Waals surface area contributed by atoms with Crippen molar-refractivity contribution in [2.75, 3.05) is 19.7 Å². The summed E-state index contributed by atoms with van der Waals surface area (Å²) in [5.74, 6) is -0.267. The lowest BCUT2D eigenvalue weighted by molar-refractivity contribution is 0.161. The zero-order chi connectivity index (χ0) is 17.0. The average molecular weight is 322 g/mol. The number of aliphatic hydroxyl groups excluding tert-OH is 1. The van der Waals surface area contributed by atoms with Crippen molar-refractivity contribution in [2.45, 2.75) is 46.1 Å². The molecule has 23 heavy (non-hydrogen) atoms. The van der Waals surface area contributed by atoms with E-state index in [1.807, 2.05) is 0 Å². The average Bonchev–Trinajstić information content (AvgIpc) is 2.84. The van der Waals surface area contributed by atoms with Crippen LogP contribution >= 0.6 is 0 Å². The van der Waals surface area contributed by atoms with Gasteiger partial charge >= 0.3 is 6.03 Å². The van der Waals surface area contributed by atoms with Gasteiger partial charge in [-0.3, -0.25) is 0 Å². The fourth-order valence-electron chi connectivity index (χ4n) is 3.05. The number of aliphatic hydroxyl groups is 1. The number of carbonyl (C=O) groups is 1. The molecule has 1 unspecified atom stereocenters. The summed E-state index contributed by atoms with van der Waals surface area (Å²) in [6.07, 6.45) is 2.21. The molecule has 1 aliphatic carbocycles. The molecule has 0 saturated heterocycles. The van der Waals surface area contributed by atoms with Crippen LogP contribution in [0.4, 0.5) is 9.18 Å². The fraction of sp³-hybridized carbons (Fsp3) is 0.611. The van der Waals surface area contributed by atoms with Crippen molar-refractivity contribution < 1.29 is 14.3 Å². The second-order valence-electron chi connectivity index (χ2n) is 7.44. The van der Waals surface area contributed by atoms with Crippen molar-refractivity contribution >= 4 is 6.03 Å².